The first-order chi connectivity index (χ1) is 9.15. The lowest BCUT2D eigenvalue weighted by atomic mass is 10.2. The molecular formula is C13H10N4O2. The van der Waals surface area contributed by atoms with Gasteiger partial charge in [0.1, 0.15) is 5.82 Å². The van der Waals surface area contributed by atoms with E-state index in [1.54, 1.807) is 13.1 Å². The number of carboxylic acid groups (broad SMARTS) is 1. The van der Waals surface area contributed by atoms with Crippen molar-refractivity contribution < 1.29 is 9.90 Å². The van der Waals surface area contributed by atoms with Crippen LogP contribution in [0.1, 0.15) is 16.4 Å². The zero-order valence-corrected chi connectivity index (χ0v) is 10.1. The lowest BCUT2D eigenvalue weighted by Crippen LogP contribution is -2.02. The van der Waals surface area contributed by atoms with Gasteiger partial charge in [0.15, 0.2) is 0 Å². The van der Waals surface area contributed by atoms with Gasteiger partial charge in [0, 0.05) is 11.6 Å². The van der Waals surface area contributed by atoms with Crippen molar-refractivity contribution in [3.8, 4) is 5.69 Å². The highest BCUT2D eigenvalue weighted by Gasteiger charge is 2.13. The number of carboxylic acids is 1. The van der Waals surface area contributed by atoms with E-state index in [1.807, 2.05) is 30.3 Å². The zero-order valence-electron chi connectivity index (χ0n) is 10.1. The highest BCUT2D eigenvalue weighted by atomic mass is 16.4. The molecule has 0 saturated carbocycles. The van der Waals surface area contributed by atoms with Crippen LogP contribution in [-0.2, 0) is 0 Å². The van der Waals surface area contributed by atoms with Crippen molar-refractivity contribution in [1.29, 1.82) is 0 Å². The normalized spacial score (nSPS) is 10.8. The molecule has 0 aliphatic heterocycles. The van der Waals surface area contributed by atoms with Crippen molar-refractivity contribution >= 4 is 16.9 Å². The summed E-state index contributed by atoms with van der Waals surface area (Å²) < 4.78 is 1.51. The van der Waals surface area contributed by atoms with Crippen LogP contribution in [0.2, 0.25) is 0 Å². The smallest absolute Gasteiger partial charge is 0.375 e. The van der Waals surface area contributed by atoms with Crippen molar-refractivity contribution in [3.05, 3.63) is 48.2 Å². The monoisotopic (exact) mass is 254 g/mol. The number of fused-ring (bicyclic) bond motifs is 1. The molecule has 1 N–H and O–H groups in total. The van der Waals surface area contributed by atoms with Crippen molar-refractivity contribution in [2.45, 2.75) is 6.92 Å². The summed E-state index contributed by atoms with van der Waals surface area (Å²) >= 11 is 0. The van der Waals surface area contributed by atoms with E-state index < -0.39 is 5.97 Å². The minimum Gasteiger partial charge on any atom is -0.475 e. The highest BCUT2D eigenvalue weighted by molar-refractivity contribution is 5.83. The molecule has 94 valence electrons. The minimum atomic E-state index is -1.13. The average Bonchev–Trinajstić information content (AvgIpc) is 2.80. The van der Waals surface area contributed by atoms with Crippen LogP contribution in [0.25, 0.3) is 16.6 Å². The van der Waals surface area contributed by atoms with Gasteiger partial charge in [-0.25, -0.2) is 14.5 Å². The predicted octanol–water partition coefficient (Wildman–Crippen LogP) is 1.82. The molecule has 6 nitrogen and oxygen atoms in total. The first kappa shape index (κ1) is 11.3. The second kappa shape index (κ2) is 4.16. The zero-order chi connectivity index (χ0) is 13.4. The summed E-state index contributed by atoms with van der Waals surface area (Å²) in [6, 6.07) is 9.39. The van der Waals surface area contributed by atoms with Crippen LogP contribution in [0.15, 0.2) is 36.5 Å². The number of aromatic nitrogens is 4. The molecule has 0 atom stereocenters. The largest absolute Gasteiger partial charge is 0.475 e. The number of aryl methyl sites for hydroxylation is 1. The summed E-state index contributed by atoms with van der Waals surface area (Å²) in [6.07, 6.45) is 1.73. The molecule has 0 amide bonds. The van der Waals surface area contributed by atoms with Crippen LogP contribution in [-0.4, -0.2) is 30.8 Å². The number of nitrogens with zero attached hydrogens (tertiary/aromatic N) is 4. The molecule has 0 aliphatic carbocycles. The molecule has 6 heteroatoms. The Morgan fingerprint density at radius 1 is 1.32 bits per heavy atom. The van der Waals surface area contributed by atoms with Gasteiger partial charge in [-0.2, -0.15) is 0 Å². The third-order valence-corrected chi connectivity index (χ3v) is 2.79. The summed E-state index contributed by atoms with van der Waals surface area (Å²) in [6.45, 7) is 1.72. The Balaban J connectivity index is 2.16. The van der Waals surface area contributed by atoms with Gasteiger partial charge in [0.25, 0.3) is 5.82 Å². The fourth-order valence-corrected chi connectivity index (χ4v) is 1.92. The molecule has 0 fully saturated rings. The van der Waals surface area contributed by atoms with Crippen molar-refractivity contribution in [2.24, 2.45) is 0 Å². The molecule has 0 saturated heterocycles. The van der Waals surface area contributed by atoms with Crippen LogP contribution in [0.5, 0.6) is 0 Å². The van der Waals surface area contributed by atoms with Gasteiger partial charge in [-0.3, -0.25) is 4.98 Å². The average molecular weight is 254 g/mol. The maximum absolute atomic E-state index is 10.9. The van der Waals surface area contributed by atoms with E-state index >= 15 is 0 Å². The van der Waals surface area contributed by atoms with E-state index in [9.17, 15) is 4.79 Å². The van der Waals surface area contributed by atoms with Crippen molar-refractivity contribution in [2.75, 3.05) is 0 Å². The summed E-state index contributed by atoms with van der Waals surface area (Å²) in [5.41, 5.74) is 1.64. The van der Waals surface area contributed by atoms with E-state index in [4.69, 9.17) is 5.11 Å². The number of carbonyl (C=O) groups is 1. The van der Waals surface area contributed by atoms with E-state index in [1.165, 1.54) is 4.68 Å². The first-order valence-electron chi connectivity index (χ1n) is 5.67. The molecule has 0 unspecified atom stereocenters. The van der Waals surface area contributed by atoms with Crippen LogP contribution >= 0.6 is 0 Å². The number of aromatic carboxylic acids is 1. The fourth-order valence-electron chi connectivity index (χ4n) is 1.92. The number of pyridine rings is 1. The number of benzene rings is 1. The maximum Gasteiger partial charge on any atom is 0.375 e. The standard InChI is InChI=1S/C13H10N4O2/c1-8-15-12(13(18)19)16-17(8)10-4-5-11-9(7-10)3-2-6-14-11/h2-7H,1H3,(H,18,19). The molecule has 2 heterocycles. The van der Waals surface area contributed by atoms with E-state index in [-0.39, 0.29) is 5.82 Å². The number of rotatable bonds is 2. The Labute approximate surface area is 108 Å². The Morgan fingerprint density at radius 3 is 2.89 bits per heavy atom. The van der Waals surface area contributed by atoms with Gasteiger partial charge < -0.3 is 5.11 Å². The lowest BCUT2D eigenvalue weighted by molar-refractivity contribution is 0.0683. The molecule has 2 aromatic heterocycles. The molecule has 19 heavy (non-hydrogen) atoms. The molecule has 0 aliphatic rings. The summed E-state index contributed by atoms with van der Waals surface area (Å²) in [7, 11) is 0. The van der Waals surface area contributed by atoms with E-state index in [0.29, 0.717) is 5.82 Å². The van der Waals surface area contributed by atoms with Crippen LogP contribution < -0.4 is 0 Å². The molecular weight excluding hydrogens is 244 g/mol. The third kappa shape index (κ3) is 1.93. The van der Waals surface area contributed by atoms with E-state index in [2.05, 4.69) is 15.1 Å². The van der Waals surface area contributed by atoms with Crippen LogP contribution in [0, 0.1) is 6.92 Å². The van der Waals surface area contributed by atoms with Gasteiger partial charge in [-0.15, -0.1) is 5.10 Å². The summed E-state index contributed by atoms with van der Waals surface area (Å²) in [5, 5.41) is 13.8. The van der Waals surface area contributed by atoms with Crippen molar-refractivity contribution in [3.63, 3.8) is 0 Å². The summed E-state index contributed by atoms with van der Waals surface area (Å²) in [4.78, 5) is 19.0. The predicted molar refractivity (Wildman–Crippen MR) is 68.4 cm³/mol. The van der Waals surface area contributed by atoms with Crippen molar-refractivity contribution in [1.82, 2.24) is 19.7 Å². The quantitative estimate of drug-likeness (QED) is 0.754. The second-order valence-electron chi connectivity index (χ2n) is 4.08. The second-order valence-corrected chi connectivity index (χ2v) is 4.08. The molecule has 3 aromatic rings. The fraction of sp³-hybridized carbons (Fsp3) is 0.0769. The number of hydrogen-bond donors (Lipinski definition) is 1. The third-order valence-electron chi connectivity index (χ3n) is 2.79. The lowest BCUT2D eigenvalue weighted by Gasteiger charge is -2.04. The van der Waals surface area contributed by atoms with E-state index in [0.717, 1.165) is 16.6 Å². The number of hydrogen-bond acceptors (Lipinski definition) is 4. The first-order valence-corrected chi connectivity index (χ1v) is 5.67. The van der Waals surface area contributed by atoms with Gasteiger partial charge in [0.2, 0.25) is 0 Å². The SMILES string of the molecule is Cc1nc(C(=O)O)nn1-c1ccc2ncccc2c1. The topological polar surface area (TPSA) is 80.9 Å². The van der Waals surface area contributed by atoms with Gasteiger partial charge in [-0.05, 0) is 31.2 Å². The Morgan fingerprint density at radius 2 is 2.16 bits per heavy atom. The molecule has 0 bridgehead atoms. The molecule has 3 rings (SSSR count). The summed E-state index contributed by atoms with van der Waals surface area (Å²) in [5.74, 6) is -0.811. The Kier molecular flexibility index (Phi) is 2.49. The molecule has 1 aromatic carbocycles. The van der Waals surface area contributed by atoms with Crippen LogP contribution in [0.4, 0.5) is 0 Å². The molecule has 0 radical (unpaired) electrons. The van der Waals surface area contributed by atoms with Gasteiger partial charge in [-0.1, -0.05) is 6.07 Å². The minimum absolute atomic E-state index is 0.205. The highest BCUT2D eigenvalue weighted by Crippen LogP contribution is 2.17. The Hall–Kier alpha value is -2.76. The van der Waals surface area contributed by atoms with Gasteiger partial charge >= 0.3 is 5.97 Å². The van der Waals surface area contributed by atoms with Crippen LogP contribution in [0.3, 0.4) is 0 Å². The van der Waals surface area contributed by atoms with Gasteiger partial charge in [0.05, 0.1) is 11.2 Å². The molecule has 0 spiro atoms. The Bertz CT molecular complexity index is 779. The maximum atomic E-state index is 10.9.